The molecule has 3 N–H and O–H groups in total. The van der Waals surface area contributed by atoms with Gasteiger partial charge in [-0.05, 0) is 60.9 Å². The van der Waals surface area contributed by atoms with E-state index in [9.17, 15) is 14.7 Å². The summed E-state index contributed by atoms with van der Waals surface area (Å²) in [4.78, 5) is 24.7. The first kappa shape index (κ1) is 25.7. The van der Waals surface area contributed by atoms with Gasteiger partial charge in [0.2, 0.25) is 5.67 Å². The van der Waals surface area contributed by atoms with Crippen molar-refractivity contribution in [3.8, 4) is 16.9 Å². The van der Waals surface area contributed by atoms with Crippen molar-refractivity contribution in [3.05, 3.63) is 53.6 Å². The van der Waals surface area contributed by atoms with Crippen molar-refractivity contribution < 1.29 is 23.8 Å². The molecule has 6 nitrogen and oxygen atoms in total. The van der Waals surface area contributed by atoms with E-state index in [1.54, 1.807) is 18.2 Å². The monoisotopic (exact) mass is 508 g/mol. The molecule has 2 aromatic rings. The second-order valence-electron chi connectivity index (χ2n) is 11.5. The number of hydrogen-bond donors (Lipinski definition) is 3. The highest BCUT2D eigenvalue weighted by molar-refractivity contribution is 5.91. The van der Waals surface area contributed by atoms with Gasteiger partial charge in [-0.25, -0.2) is 9.18 Å². The van der Waals surface area contributed by atoms with Gasteiger partial charge >= 0.3 is 5.97 Å². The Hall–Kier alpha value is -2.93. The van der Waals surface area contributed by atoms with Crippen LogP contribution in [-0.4, -0.2) is 46.9 Å². The molecule has 0 radical (unpaired) electrons. The molecule has 1 saturated heterocycles. The average Bonchev–Trinajstić information content (AvgIpc) is 3.61. The Balaban J connectivity index is 1.29. The number of aromatic carboxylic acids is 1. The Kier molecular flexibility index (Phi) is 7.01. The first-order chi connectivity index (χ1) is 17.7. The van der Waals surface area contributed by atoms with Crippen molar-refractivity contribution in [1.29, 1.82) is 0 Å². The molecule has 1 aliphatic heterocycles. The first-order valence-electron chi connectivity index (χ1n) is 13.6. The van der Waals surface area contributed by atoms with Gasteiger partial charge in [-0.3, -0.25) is 4.79 Å². The molecule has 198 valence electrons. The Morgan fingerprint density at radius 2 is 1.86 bits per heavy atom. The Morgan fingerprint density at radius 3 is 2.59 bits per heavy atom. The molecule has 1 amide bonds. The van der Waals surface area contributed by atoms with E-state index < -0.39 is 17.5 Å². The Morgan fingerprint density at radius 1 is 1.11 bits per heavy atom. The van der Waals surface area contributed by atoms with Crippen LogP contribution in [0.25, 0.3) is 11.1 Å². The molecule has 0 aromatic heterocycles. The molecule has 0 unspecified atom stereocenters. The van der Waals surface area contributed by atoms with Crippen LogP contribution >= 0.6 is 0 Å². The molecule has 1 spiro atoms. The molecular weight excluding hydrogens is 471 g/mol. The Labute approximate surface area is 218 Å². The molecule has 5 rings (SSSR count). The van der Waals surface area contributed by atoms with Gasteiger partial charge in [0.1, 0.15) is 11.9 Å². The predicted molar refractivity (Wildman–Crippen MR) is 141 cm³/mol. The summed E-state index contributed by atoms with van der Waals surface area (Å²) in [6.07, 6.45) is 6.20. The third kappa shape index (κ3) is 5.24. The number of hydrogen-bond acceptors (Lipinski definition) is 4. The van der Waals surface area contributed by atoms with Gasteiger partial charge in [0.25, 0.3) is 5.91 Å². The molecule has 2 aliphatic carbocycles. The summed E-state index contributed by atoms with van der Waals surface area (Å²) in [6, 6.07) is 12.8. The van der Waals surface area contributed by atoms with Crippen molar-refractivity contribution in [2.75, 3.05) is 6.54 Å². The molecule has 3 aliphatic rings. The highest BCUT2D eigenvalue weighted by atomic mass is 19.1. The summed E-state index contributed by atoms with van der Waals surface area (Å²) >= 11 is 0. The van der Waals surface area contributed by atoms with E-state index in [1.807, 2.05) is 18.2 Å². The van der Waals surface area contributed by atoms with E-state index in [1.165, 1.54) is 0 Å². The van der Waals surface area contributed by atoms with Crippen LogP contribution in [0, 0.1) is 0 Å². The molecular formula is C30H37FN2O4. The summed E-state index contributed by atoms with van der Waals surface area (Å²) in [6.45, 7) is 4.30. The van der Waals surface area contributed by atoms with Crippen molar-refractivity contribution in [3.63, 3.8) is 0 Å². The molecule has 7 heteroatoms. The minimum atomic E-state index is -1.86. The second-order valence-corrected chi connectivity index (χ2v) is 11.5. The highest BCUT2D eigenvalue weighted by Crippen LogP contribution is 2.43. The number of rotatable bonds is 7. The van der Waals surface area contributed by atoms with Crippen LogP contribution in [0.4, 0.5) is 4.39 Å². The normalized spacial score (nSPS) is 26.6. The number of carboxylic acids is 1. The largest absolute Gasteiger partial charge is 0.490 e. The van der Waals surface area contributed by atoms with Gasteiger partial charge in [-0.15, -0.1) is 0 Å². The number of ether oxygens (including phenoxy) is 1. The molecule has 3 fully saturated rings. The van der Waals surface area contributed by atoms with E-state index in [2.05, 4.69) is 30.5 Å². The molecule has 0 bridgehead atoms. The van der Waals surface area contributed by atoms with Crippen LogP contribution < -0.4 is 15.4 Å². The topological polar surface area (TPSA) is 87.7 Å². The average molecular weight is 509 g/mol. The summed E-state index contributed by atoms with van der Waals surface area (Å²) in [5.74, 6) is -0.614. The maximum Gasteiger partial charge on any atom is 0.335 e. The van der Waals surface area contributed by atoms with Gasteiger partial charge in [0.15, 0.2) is 0 Å². The zero-order valence-corrected chi connectivity index (χ0v) is 21.7. The van der Waals surface area contributed by atoms with Crippen LogP contribution in [0.2, 0.25) is 0 Å². The quantitative estimate of drug-likeness (QED) is 0.453. The second kappa shape index (κ2) is 10.1. The zero-order chi connectivity index (χ0) is 26.2. The zero-order valence-electron chi connectivity index (χ0n) is 21.7. The van der Waals surface area contributed by atoms with Gasteiger partial charge in [0, 0.05) is 36.5 Å². The van der Waals surface area contributed by atoms with E-state index in [4.69, 9.17) is 4.74 Å². The van der Waals surface area contributed by atoms with Crippen LogP contribution in [0.3, 0.4) is 0 Å². The highest BCUT2D eigenvalue weighted by Gasteiger charge is 2.54. The van der Waals surface area contributed by atoms with Crippen LogP contribution in [0.1, 0.15) is 87.1 Å². The van der Waals surface area contributed by atoms with Crippen LogP contribution in [0.15, 0.2) is 42.5 Å². The van der Waals surface area contributed by atoms with Crippen molar-refractivity contribution >= 4 is 11.9 Å². The van der Waals surface area contributed by atoms with E-state index in [0.717, 1.165) is 55.2 Å². The molecule has 2 saturated carbocycles. The number of carbonyl (C=O) groups is 2. The summed E-state index contributed by atoms with van der Waals surface area (Å²) in [5.41, 5.74) is 0.952. The van der Waals surface area contributed by atoms with Gasteiger partial charge in [-0.2, -0.15) is 0 Å². The lowest BCUT2D eigenvalue weighted by Crippen LogP contribution is -2.48. The fraction of sp³-hybridized carbons (Fsp3) is 0.533. The lowest BCUT2D eigenvalue weighted by atomic mass is 9.89. The number of benzene rings is 2. The first-order valence-corrected chi connectivity index (χ1v) is 13.6. The van der Waals surface area contributed by atoms with Crippen molar-refractivity contribution in [2.24, 2.45) is 0 Å². The van der Waals surface area contributed by atoms with Gasteiger partial charge in [-0.1, -0.05) is 51.0 Å². The minimum Gasteiger partial charge on any atom is -0.490 e. The third-order valence-corrected chi connectivity index (χ3v) is 8.44. The minimum absolute atomic E-state index is 0.0834. The van der Waals surface area contributed by atoms with Gasteiger partial charge < -0.3 is 20.5 Å². The smallest absolute Gasteiger partial charge is 0.335 e. The summed E-state index contributed by atoms with van der Waals surface area (Å²) < 4.78 is 22.0. The third-order valence-electron chi connectivity index (χ3n) is 8.44. The number of carbonyl (C=O) groups excluding carboxylic acids is 1. The SMILES string of the molecule is CC(C)c1ccccc1-c1cc(C(=O)O)ccc1O[C@@H]1CC[C@@H](NC(=O)[C@@]2(F)CNC3(CCCC3)C2)C1. The lowest BCUT2D eigenvalue weighted by Gasteiger charge is -2.25. The molecule has 1 heterocycles. The number of carboxylic acid groups (broad SMARTS) is 1. The summed E-state index contributed by atoms with van der Waals surface area (Å²) in [7, 11) is 0. The van der Waals surface area contributed by atoms with E-state index >= 15 is 4.39 Å². The van der Waals surface area contributed by atoms with Crippen molar-refractivity contribution in [2.45, 2.75) is 94.5 Å². The van der Waals surface area contributed by atoms with E-state index in [-0.39, 0.29) is 42.1 Å². The van der Waals surface area contributed by atoms with E-state index in [0.29, 0.717) is 12.2 Å². The maximum absolute atomic E-state index is 15.6. The number of halogens is 1. The number of alkyl halides is 1. The predicted octanol–water partition coefficient (Wildman–Crippen LogP) is 5.61. The molecule has 2 aromatic carbocycles. The molecule has 37 heavy (non-hydrogen) atoms. The van der Waals surface area contributed by atoms with Crippen LogP contribution in [-0.2, 0) is 4.79 Å². The molecule has 3 atom stereocenters. The fourth-order valence-corrected chi connectivity index (χ4v) is 6.45. The van der Waals surface area contributed by atoms with Gasteiger partial charge in [0.05, 0.1) is 5.56 Å². The standard InChI is InChI=1S/C30H37FN2O4/c1-19(2)23-7-3-4-8-24(23)25-15-20(27(34)35)9-12-26(25)37-22-11-10-21(16-22)33-28(36)30(31)17-29(32-18-30)13-5-6-14-29/h3-4,7-9,12,15,19,21-22,32H,5-6,10-11,13-14,16-18H2,1-2H3,(H,33,36)(H,34,35)/t21-,22-,30+/m1/s1. The Bertz CT molecular complexity index is 1180. The number of nitrogens with one attached hydrogen (secondary N) is 2. The lowest BCUT2D eigenvalue weighted by molar-refractivity contribution is -0.132. The summed E-state index contributed by atoms with van der Waals surface area (Å²) in [5, 5.41) is 15.9. The maximum atomic E-state index is 15.6. The number of amides is 1. The fourth-order valence-electron chi connectivity index (χ4n) is 6.45. The van der Waals surface area contributed by atoms with Crippen molar-refractivity contribution in [1.82, 2.24) is 10.6 Å². The van der Waals surface area contributed by atoms with Crippen LogP contribution in [0.5, 0.6) is 5.75 Å².